The number of amides is 1. The molecule has 0 unspecified atom stereocenters. The average molecular weight is 144 g/mol. The van der Waals surface area contributed by atoms with Crippen LogP contribution in [0.15, 0.2) is 12.7 Å². The lowest BCUT2D eigenvalue weighted by molar-refractivity contribution is -0.152. The van der Waals surface area contributed by atoms with E-state index in [2.05, 4.69) is 11.4 Å². The topological polar surface area (TPSA) is 81.4 Å². The van der Waals surface area contributed by atoms with Crippen LogP contribution in [0.1, 0.15) is 0 Å². The minimum Gasteiger partial charge on any atom is -0.336 e. The molecule has 1 amide bonds. The fourth-order valence-corrected chi connectivity index (χ4v) is 0.191. The molecular weight excluding hydrogens is 136 g/mol. The summed E-state index contributed by atoms with van der Waals surface area (Å²) in [7, 11) is 0. The first-order chi connectivity index (χ1) is 4.70. The third-order valence-electron chi connectivity index (χ3n) is 0.618. The second-order valence-electron chi connectivity index (χ2n) is 1.35. The van der Waals surface area contributed by atoms with Crippen molar-refractivity contribution in [3.8, 4) is 0 Å². The minimum atomic E-state index is -0.721. The summed E-state index contributed by atoms with van der Waals surface area (Å²) in [6.07, 6.45) is 0.927. The molecule has 5 nitrogen and oxygen atoms in total. The Kier molecular flexibility index (Phi) is 3.90. The van der Waals surface area contributed by atoms with E-state index in [4.69, 9.17) is 5.73 Å². The van der Waals surface area contributed by atoms with E-state index in [0.717, 1.165) is 6.08 Å². The molecule has 0 radical (unpaired) electrons. The fourth-order valence-electron chi connectivity index (χ4n) is 0.191. The zero-order valence-corrected chi connectivity index (χ0v) is 5.29. The molecule has 0 heterocycles. The van der Waals surface area contributed by atoms with Crippen molar-refractivity contribution in [2.75, 3.05) is 6.54 Å². The van der Waals surface area contributed by atoms with Crippen LogP contribution in [-0.2, 0) is 14.4 Å². The second-order valence-corrected chi connectivity index (χ2v) is 1.35. The summed E-state index contributed by atoms with van der Waals surface area (Å²) in [4.78, 5) is 24.6. The van der Waals surface area contributed by atoms with Crippen molar-refractivity contribution in [3.05, 3.63) is 12.7 Å². The van der Waals surface area contributed by atoms with Gasteiger partial charge in [0.2, 0.25) is 0 Å². The van der Waals surface area contributed by atoms with Crippen LogP contribution in [0, 0.1) is 0 Å². The van der Waals surface area contributed by atoms with Crippen molar-refractivity contribution in [2.45, 2.75) is 0 Å². The van der Waals surface area contributed by atoms with Crippen molar-refractivity contribution in [1.82, 2.24) is 5.48 Å². The molecule has 0 rings (SSSR count). The molecule has 5 heteroatoms. The SMILES string of the molecule is C=CC(=O)ONC(=O)CN. The maximum Gasteiger partial charge on any atom is 0.355 e. The Morgan fingerprint density at radius 2 is 2.30 bits per heavy atom. The molecule has 0 atom stereocenters. The first-order valence-electron chi connectivity index (χ1n) is 2.53. The normalized spacial score (nSPS) is 8.10. The van der Waals surface area contributed by atoms with Gasteiger partial charge in [0.05, 0.1) is 6.54 Å². The van der Waals surface area contributed by atoms with E-state index >= 15 is 0 Å². The molecule has 0 aliphatic carbocycles. The molecule has 0 aliphatic heterocycles. The van der Waals surface area contributed by atoms with Gasteiger partial charge < -0.3 is 10.6 Å². The number of rotatable bonds is 2. The van der Waals surface area contributed by atoms with E-state index in [0.29, 0.717) is 0 Å². The van der Waals surface area contributed by atoms with Crippen molar-refractivity contribution in [2.24, 2.45) is 5.73 Å². The van der Waals surface area contributed by atoms with E-state index < -0.39 is 11.9 Å². The highest BCUT2D eigenvalue weighted by Gasteiger charge is 1.98. The standard InChI is InChI=1S/C5H8N2O3/c1-2-5(9)10-7-4(8)3-6/h2H,1,3,6H2,(H,7,8). The summed E-state index contributed by atoms with van der Waals surface area (Å²) in [5, 5.41) is 0. The number of hydroxylamine groups is 1. The Labute approximate surface area is 57.8 Å². The van der Waals surface area contributed by atoms with E-state index in [1.807, 2.05) is 0 Å². The lowest BCUT2D eigenvalue weighted by atomic mass is 10.6. The lowest BCUT2D eigenvalue weighted by Gasteiger charge is -1.99. The molecule has 0 aromatic heterocycles. The van der Waals surface area contributed by atoms with E-state index in [1.165, 1.54) is 0 Å². The Hall–Kier alpha value is -1.36. The van der Waals surface area contributed by atoms with E-state index in [1.54, 1.807) is 5.48 Å². The van der Waals surface area contributed by atoms with Gasteiger partial charge >= 0.3 is 5.97 Å². The van der Waals surface area contributed by atoms with Gasteiger partial charge in [-0.1, -0.05) is 6.58 Å². The largest absolute Gasteiger partial charge is 0.355 e. The van der Waals surface area contributed by atoms with Crippen LogP contribution in [0.25, 0.3) is 0 Å². The number of hydrogen-bond acceptors (Lipinski definition) is 4. The molecule has 0 saturated heterocycles. The maximum atomic E-state index is 10.3. The van der Waals surface area contributed by atoms with Gasteiger partial charge in [0, 0.05) is 6.08 Å². The summed E-state index contributed by atoms with van der Waals surface area (Å²) < 4.78 is 0. The number of nitrogens with two attached hydrogens (primary N) is 1. The molecule has 3 N–H and O–H groups in total. The van der Waals surface area contributed by atoms with Crippen LogP contribution in [0.2, 0.25) is 0 Å². The third kappa shape index (κ3) is 3.62. The van der Waals surface area contributed by atoms with Crippen molar-refractivity contribution < 1.29 is 14.4 Å². The molecule has 0 aliphatic rings. The van der Waals surface area contributed by atoms with Gasteiger partial charge in [-0.25, -0.2) is 4.79 Å². The molecule has 10 heavy (non-hydrogen) atoms. The molecule has 0 aromatic rings. The zero-order valence-electron chi connectivity index (χ0n) is 5.29. The quantitative estimate of drug-likeness (QED) is 0.373. The Balaban J connectivity index is 3.44. The lowest BCUT2D eigenvalue weighted by Crippen LogP contribution is -2.31. The monoisotopic (exact) mass is 144 g/mol. The second kappa shape index (κ2) is 4.51. The average Bonchev–Trinajstić information content (AvgIpc) is 1.99. The molecule has 0 bridgehead atoms. The van der Waals surface area contributed by atoms with Crippen molar-refractivity contribution in [1.29, 1.82) is 0 Å². The zero-order chi connectivity index (χ0) is 7.98. The van der Waals surface area contributed by atoms with Crippen LogP contribution in [0.4, 0.5) is 0 Å². The van der Waals surface area contributed by atoms with Gasteiger partial charge in [-0.15, -0.1) is 0 Å². The van der Waals surface area contributed by atoms with Crippen LogP contribution >= 0.6 is 0 Å². The predicted molar refractivity (Wildman–Crippen MR) is 33.5 cm³/mol. The Morgan fingerprint density at radius 3 is 2.70 bits per heavy atom. The van der Waals surface area contributed by atoms with Crippen LogP contribution < -0.4 is 11.2 Å². The van der Waals surface area contributed by atoms with Gasteiger partial charge in [0.15, 0.2) is 0 Å². The smallest absolute Gasteiger partial charge is 0.336 e. The van der Waals surface area contributed by atoms with Crippen LogP contribution in [0.3, 0.4) is 0 Å². The third-order valence-corrected chi connectivity index (χ3v) is 0.618. The van der Waals surface area contributed by atoms with Crippen LogP contribution in [-0.4, -0.2) is 18.4 Å². The summed E-state index contributed by atoms with van der Waals surface area (Å²) in [6.45, 7) is 2.89. The fraction of sp³-hybridized carbons (Fsp3) is 0.200. The van der Waals surface area contributed by atoms with Gasteiger partial charge in [-0.3, -0.25) is 4.79 Å². The van der Waals surface area contributed by atoms with E-state index in [-0.39, 0.29) is 6.54 Å². The minimum absolute atomic E-state index is 0.218. The number of carbonyl (C=O) groups excluding carboxylic acids is 2. The summed E-state index contributed by atoms with van der Waals surface area (Å²) in [5.41, 5.74) is 6.67. The van der Waals surface area contributed by atoms with E-state index in [9.17, 15) is 9.59 Å². The first kappa shape index (κ1) is 8.64. The van der Waals surface area contributed by atoms with Crippen LogP contribution in [0.5, 0.6) is 0 Å². The Bertz CT molecular complexity index is 155. The van der Waals surface area contributed by atoms with Crippen molar-refractivity contribution >= 4 is 11.9 Å². The Morgan fingerprint density at radius 1 is 1.70 bits per heavy atom. The molecule has 0 spiro atoms. The summed E-state index contributed by atoms with van der Waals surface area (Å²) in [6, 6.07) is 0. The van der Waals surface area contributed by atoms with Gasteiger partial charge in [0.1, 0.15) is 0 Å². The highest BCUT2D eigenvalue weighted by atomic mass is 16.7. The van der Waals surface area contributed by atoms with Gasteiger partial charge in [-0.05, 0) is 0 Å². The predicted octanol–water partition coefficient (Wildman–Crippen LogP) is -1.29. The molecule has 0 fully saturated rings. The van der Waals surface area contributed by atoms with Gasteiger partial charge in [-0.2, -0.15) is 5.48 Å². The van der Waals surface area contributed by atoms with Crippen molar-refractivity contribution in [3.63, 3.8) is 0 Å². The highest BCUT2D eigenvalue weighted by molar-refractivity contribution is 5.84. The molecule has 0 aromatic carbocycles. The molecular formula is C5H8N2O3. The molecule has 56 valence electrons. The maximum absolute atomic E-state index is 10.3. The summed E-state index contributed by atoms with van der Waals surface area (Å²) in [5.74, 6) is -1.28. The number of carbonyl (C=O) groups is 2. The molecule has 0 saturated carbocycles. The number of hydrogen-bond donors (Lipinski definition) is 2. The number of nitrogens with one attached hydrogen (secondary N) is 1. The highest BCUT2D eigenvalue weighted by Crippen LogP contribution is 1.71. The first-order valence-corrected chi connectivity index (χ1v) is 2.53. The van der Waals surface area contributed by atoms with Gasteiger partial charge in [0.25, 0.3) is 5.91 Å². The summed E-state index contributed by atoms with van der Waals surface area (Å²) >= 11 is 0.